The highest BCUT2D eigenvalue weighted by molar-refractivity contribution is 6.69. The van der Waals surface area contributed by atoms with Crippen LogP contribution in [0.25, 0.3) is 0 Å². The van der Waals surface area contributed by atoms with Crippen molar-refractivity contribution in [2.75, 3.05) is 6.61 Å². The first-order valence-electron chi connectivity index (χ1n) is 5.26. The van der Waals surface area contributed by atoms with Gasteiger partial charge in [0.1, 0.15) is 0 Å². The minimum absolute atomic E-state index is 0.134. The van der Waals surface area contributed by atoms with Gasteiger partial charge in [-0.3, -0.25) is 10.1 Å². The highest BCUT2D eigenvalue weighted by atomic mass is 28.4. The van der Waals surface area contributed by atoms with E-state index >= 15 is 0 Å². The molecule has 0 amide bonds. The van der Waals surface area contributed by atoms with Crippen molar-refractivity contribution < 1.29 is 9.35 Å². The summed E-state index contributed by atoms with van der Waals surface area (Å²) in [6.45, 7) is 7.11. The second-order valence-electron chi connectivity index (χ2n) is 4.63. The maximum atomic E-state index is 10.4. The molecular weight excluding hydrogens is 222 g/mol. The van der Waals surface area contributed by atoms with Crippen molar-refractivity contribution in [1.29, 1.82) is 0 Å². The lowest BCUT2D eigenvalue weighted by atomic mass is 10.1. The van der Waals surface area contributed by atoms with Crippen LogP contribution in [-0.4, -0.2) is 19.8 Å². The molecule has 1 rings (SSSR count). The summed E-state index contributed by atoms with van der Waals surface area (Å²) in [5.41, 5.74) is 1.21. The fraction of sp³-hybridized carbons (Fsp3) is 0.455. The summed E-state index contributed by atoms with van der Waals surface area (Å²) in [5, 5.41) is 10.4. The largest absolute Gasteiger partial charge is 0.417 e. The van der Waals surface area contributed by atoms with E-state index < -0.39 is 8.32 Å². The van der Waals surface area contributed by atoms with Crippen LogP contribution in [0, 0.1) is 10.1 Å². The normalized spacial score (nSPS) is 11.4. The molecule has 0 saturated carbocycles. The van der Waals surface area contributed by atoms with E-state index in [2.05, 4.69) is 19.6 Å². The number of nitrogens with zero attached hydrogens (tertiary/aromatic N) is 1. The van der Waals surface area contributed by atoms with Crippen LogP contribution in [-0.2, 0) is 10.8 Å². The van der Waals surface area contributed by atoms with E-state index in [9.17, 15) is 10.1 Å². The zero-order valence-electron chi connectivity index (χ0n) is 9.90. The number of non-ortho nitro benzene ring substituents is 1. The van der Waals surface area contributed by atoms with E-state index in [1.54, 1.807) is 12.1 Å². The zero-order valence-corrected chi connectivity index (χ0v) is 10.9. The predicted molar refractivity (Wildman–Crippen MR) is 66.1 cm³/mol. The molecule has 1 aromatic carbocycles. The summed E-state index contributed by atoms with van der Waals surface area (Å²) < 4.78 is 5.72. The number of nitro benzene ring substituents is 1. The van der Waals surface area contributed by atoms with Crippen molar-refractivity contribution >= 4 is 14.0 Å². The molecule has 1 aromatic rings. The van der Waals surface area contributed by atoms with Gasteiger partial charge in [-0.15, -0.1) is 0 Å². The molecule has 0 unspecified atom stereocenters. The Labute approximate surface area is 96.5 Å². The van der Waals surface area contributed by atoms with Crippen LogP contribution < -0.4 is 0 Å². The van der Waals surface area contributed by atoms with Crippen LogP contribution in [0.3, 0.4) is 0 Å². The van der Waals surface area contributed by atoms with Crippen LogP contribution in [0.5, 0.6) is 0 Å². The van der Waals surface area contributed by atoms with E-state index in [-0.39, 0.29) is 10.6 Å². The Morgan fingerprint density at radius 3 is 2.25 bits per heavy atom. The second kappa shape index (κ2) is 5.22. The van der Waals surface area contributed by atoms with Crippen molar-refractivity contribution in [2.24, 2.45) is 0 Å². The number of hydrogen-bond acceptors (Lipinski definition) is 3. The van der Waals surface area contributed by atoms with Crippen LogP contribution in [0.2, 0.25) is 19.6 Å². The lowest BCUT2D eigenvalue weighted by Crippen LogP contribution is -2.26. The Kier molecular flexibility index (Phi) is 4.20. The molecule has 0 bridgehead atoms. The zero-order chi connectivity index (χ0) is 12.2. The quantitative estimate of drug-likeness (QED) is 0.451. The summed E-state index contributed by atoms with van der Waals surface area (Å²) >= 11 is 0. The van der Waals surface area contributed by atoms with Crippen LogP contribution in [0.15, 0.2) is 24.3 Å². The third-order valence-corrected chi connectivity index (χ3v) is 3.14. The Hall–Kier alpha value is -1.20. The van der Waals surface area contributed by atoms with Gasteiger partial charge in [-0.05, 0) is 31.6 Å². The van der Waals surface area contributed by atoms with Gasteiger partial charge in [0.2, 0.25) is 0 Å². The molecular formula is C11H17NO3Si. The average molecular weight is 239 g/mol. The number of hydrogen-bond donors (Lipinski definition) is 0. The molecule has 0 aliphatic rings. The van der Waals surface area contributed by atoms with Crippen molar-refractivity contribution in [2.45, 2.75) is 26.1 Å². The van der Waals surface area contributed by atoms with Gasteiger partial charge in [-0.1, -0.05) is 12.1 Å². The summed E-state index contributed by atoms with van der Waals surface area (Å²) in [5.74, 6) is 0. The van der Waals surface area contributed by atoms with Gasteiger partial charge in [0.25, 0.3) is 5.69 Å². The lowest BCUT2D eigenvalue weighted by Gasteiger charge is -2.16. The highest BCUT2D eigenvalue weighted by Crippen LogP contribution is 2.13. The predicted octanol–water partition coefficient (Wildman–Crippen LogP) is 2.99. The fourth-order valence-electron chi connectivity index (χ4n) is 1.26. The maximum absolute atomic E-state index is 10.4. The fourth-order valence-corrected chi connectivity index (χ4v) is 1.97. The summed E-state index contributed by atoms with van der Waals surface area (Å²) in [7, 11) is -1.45. The summed E-state index contributed by atoms with van der Waals surface area (Å²) in [6, 6.07) is 6.63. The van der Waals surface area contributed by atoms with Gasteiger partial charge in [0, 0.05) is 18.7 Å². The molecule has 0 atom stereocenters. The van der Waals surface area contributed by atoms with Crippen molar-refractivity contribution in [3.05, 3.63) is 39.9 Å². The molecule has 4 nitrogen and oxygen atoms in total. The molecule has 0 aromatic heterocycles. The molecule has 88 valence electrons. The first-order chi connectivity index (χ1) is 7.38. The molecule has 0 aliphatic carbocycles. The maximum Gasteiger partial charge on any atom is 0.269 e. The van der Waals surface area contributed by atoms with Gasteiger partial charge < -0.3 is 4.43 Å². The van der Waals surface area contributed by atoms with Gasteiger partial charge in [-0.2, -0.15) is 0 Å². The van der Waals surface area contributed by atoms with Gasteiger partial charge in [0.15, 0.2) is 8.32 Å². The monoisotopic (exact) mass is 239 g/mol. The Morgan fingerprint density at radius 2 is 1.81 bits per heavy atom. The summed E-state index contributed by atoms with van der Waals surface area (Å²) in [6.07, 6.45) is 0.808. The first-order valence-corrected chi connectivity index (χ1v) is 8.66. The molecule has 0 fully saturated rings. The Morgan fingerprint density at radius 1 is 1.25 bits per heavy atom. The van der Waals surface area contributed by atoms with Crippen molar-refractivity contribution in [3.8, 4) is 0 Å². The Balaban J connectivity index is 2.47. The third kappa shape index (κ3) is 4.54. The van der Waals surface area contributed by atoms with Crippen LogP contribution >= 0.6 is 0 Å². The van der Waals surface area contributed by atoms with Gasteiger partial charge in [-0.25, -0.2) is 0 Å². The standard InChI is InChI=1S/C11H17NO3Si/c1-16(2,3)15-9-8-10-4-6-11(7-5-10)12(13)14/h4-7H,8-9H2,1-3H3. The molecule has 0 spiro atoms. The van der Waals surface area contributed by atoms with Gasteiger partial charge >= 0.3 is 0 Å². The van der Waals surface area contributed by atoms with Crippen LogP contribution in [0.4, 0.5) is 5.69 Å². The molecule has 0 heterocycles. The number of nitro groups is 1. The topological polar surface area (TPSA) is 52.4 Å². The second-order valence-corrected chi connectivity index (χ2v) is 9.15. The number of rotatable bonds is 5. The number of benzene rings is 1. The summed E-state index contributed by atoms with van der Waals surface area (Å²) in [4.78, 5) is 10.1. The molecule has 0 radical (unpaired) electrons. The molecule has 0 saturated heterocycles. The van der Waals surface area contributed by atoms with E-state index in [1.165, 1.54) is 12.1 Å². The minimum atomic E-state index is -1.45. The first kappa shape index (κ1) is 12.9. The third-order valence-electron chi connectivity index (χ3n) is 2.07. The SMILES string of the molecule is C[Si](C)(C)OCCc1ccc([N+](=O)[O-])cc1. The lowest BCUT2D eigenvalue weighted by molar-refractivity contribution is -0.384. The molecule has 5 heteroatoms. The van der Waals surface area contributed by atoms with Gasteiger partial charge in [0.05, 0.1) is 4.92 Å². The Bertz CT molecular complexity index is 356. The van der Waals surface area contributed by atoms with E-state index in [4.69, 9.17) is 4.43 Å². The smallest absolute Gasteiger partial charge is 0.269 e. The molecule has 0 aliphatic heterocycles. The highest BCUT2D eigenvalue weighted by Gasteiger charge is 2.13. The molecule has 0 N–H and O–H groups in total. The van der Waals surface area contributed by atoms with Crippen molar-refractivity contribution in [1.82, 2.24) is 0 Å². The van der Waals surface area contributed by atoms with Crippen LogP contribution in [0.1, 0.15) is 5.56 Å². The molecule has 16 heavy (non-hydrogen) atoms. The van der Waals surface area contributed by atoms with E-state index in [0.717, 1.165) is 12.0 Å². The van der Waals surface area contributed by atoms with E-state index in [1.807, 2.05) is 0 Å². The average Bonchev–Trinajstić information content (AvgIpc) is 2.16. The van der Waals surface area contributed by atoms with E-state index in [0.29, 0.717) is 6.61 Å². The van der Waals surface area contributed by atoms with Crippen molar-refractivity contribution in [3.63, 3.8) is 0 Å². The minimum Gasteiger partial charge on any atom is -0.417 e.